The molecule has 92 valence electrons. The van der Waals surface area contributed by atoms with E-state index in [1.165, 1.54) is 0 Å². The van der Waals surface area contributed by atoms with Gasteiger partial charge in [0.15, 0.2) is 5.78 Å². The lowest BCUT2D eigenvalue weighted by molar-refractivity contribution is 0.103. The first-order chi connectivity index (χ1) is 8.61. The molecular formula is C14H9BrCl2O. The lowest BCUT2D eigenvalue weighted by Crippen LogP contribution is -2.02. The van der Waals surface area contributed by atoms with Gasteiger partial charge < -0.3 is 0 Å². The molecule has 0 bridgehead atoms. The summed E-state index contributed by atoms with van der Waals surface area (Å²) in [6.07, 6.45) is 0. The second-order valence-electron chi connectivity index (χ2n) is 3.78. The lowest BCUT2D eigenvalue weighted by atomic mass is 10.0. The van der Waals surface area contributed by atoms with Gasteiger partial charge in [-0.15, -0.1) is 0 Å². The van der Waals surface area contributed by atoms with Crippen molar-refractivity contribution in [3.8, 4) is 0 Å². The molecule has 0 atom stereocenters. The molecule has 2 aromatic carbocycles. The standard InChI is InChI=1S/C14H9BrCl2O/c15-8-9-1-6-13(17)12(7-9)14(18)10-2-4-11(16)5-3-10/h1-7H,8H2. The van der Waals surface area contributed by atoms with Crippen LogP contribution in [0.4, 0.5) is 0 Å². The zero-order valence-electron chi connectivity index (χ0n) is 9.29. The highest BCUT2D eigenvalue weighted by molar-refractivity contribution is 9.08. The predicted molar refractivity (Wildman–Crippen MR) is 79.0 cm³/mol. The van der Waals surface area contributed by atoms with E-state index in [4.69, 9.17) is 23.2 Å². The Balaban J connectivity index is 2.42. The topological polar surface area (TPSA) is 17.1 Å². The summed E-state index contributed by atoms with van der Waals surface area (Å²) in [4.78, 5) is 12.3. The molecule has 0 radical (unpaired) electrons. The first-order valence-corrected chi connectivity index (χ1v) is 7.14. The fourth-order valence-corrected chi connectivity index (χ4v) is 2.26. The Bertz CT molecular complexity index is 579. The molecule has 1 nitrogen and oxygen atoms in total. The third kappa shape index (κ3) is 2.94. The van der Waals surface area contributed by atoms with Crippen LogP contribution in [0.25, 0.3) is 0 Å². The average molecular weight is 344 g/mol. The van der Waals surface area contributed by atoms with Gasteiger partial charge in [-0.2, -0.15) is 0 Å². The Morgan fingerprint density at radius 1 is 1.06 bits per heavy atom. The van der Waals surface area contributed by atoms with Crippen LogP contribution >= 0.6 is 39.1 Å². The highest BCUT2D eigenvalue weighted by Crippen LogP contribution is 2.23. The molecular weight excluding hydrogens is 335 g/mol. The Hall–Kier alpha value is -0.830. The van der Waals surface area contributed by atoms with Gasteiger partial charge in [0.2, 0.25) is 0 Å². The summed E-state index contributed by atoms with van der Waals surface area (Å²) in [6.45, 7) is 0. The van der Waals surface area contributed by atoms with Gasteiger partial charge in [-0.25, -0.2) is 0 Å². The van der Waals surface area contributed by atoms with E-state index in [0.29, 0.717) is 26.5 Å². The van der Waals surface area contributed by atoms with Crippen LogP contribution in [0.15, 0.2) is 42.5 Å². The molecule has 0 aromatic heterocycles. The second kappa shape index (κ2) is 5.87. The molecule has 0 saturated carbocycles. The van der Waals surface area contributed by atoms with Crippen LogP contribution in [0.2, 0.25) is 10.0 Å². The molecule has 0 aliphatic heterocycles. The van der Waals surface area contributed by atoms with Crippen LogP contribution in [-0.4, -0.2) is 5.78 Å². The van der Waals surface area contributed by atoms with Crippen molar-refractivity contribution < 1.29 is 4.79 Å². The first kappa shape index (κ1) is 13.6. The van der Waals surface area contributed by atoms with Crippen LogP contribution in [0.1, 0.15) is 21.5 Å². The Labute approximate surface area is 124 Å². The lowest BCUT2D eigenvalue weighted by Gasteiger charge is -2.06. The third-order valence-corrected chi connectivity index (χ3v) is 3.77. The zero-order valence-corrected chi connectivity index (χ0v) is 12.4. The minimum Gasteiger partial charge on any atom is -0.289 e. The highest BCUT2D eigenvalue weighted by atomic mass is 79.9. The van der Waals surface area contributed by atoms with Gasteiger partial charge in [0.25, 0.3) is 0 Å². The first-order valence-electron chi connectivity index (χ1n) is 5.26. The number of carbonyl (C=O) groups is 1. The van der Waals surface area contributed by atoms with Crippen molar-refractivity contribution in [1.29, 1.82) is 0 Å². The molecule has 0 unspecified atom stereocenters. The van der Waals surface area contributed by atoms with Crippen LogP contribution in [0.3, 0.4) is 0 Å². The van der Waals surface area contributed by atoms with Crippen molar-refractivity contribution in [1.82, 2.24) is 0 Å². The van der Waals surface area contributed by atoms with E-state index in [1.807, 2.05) is 6.07 Å². The maximum atomic E-state index is 12.3. The number of rotatable bonds is 3. The SMILES string of the molecule is O=C(c1ccc(Cl)cc1)c1cc(CBr)ccc1Cl. The molecule has 2 aromatic rings. The quantitative estimate of drug-likeness (QED) is 0.558. The van der Waals surface area contributed by atoms with E-state index in [0.717, 1.165) is 5.56 Å². The van der Waals surface area contributed by atoms with E-state index < -0.39 is 0 Å². The minimum absolute atomic E-state index is 0.0977. The van der Waals surface area contributed by atoms with Crippen molar-refractivity contribution in [2.75, 3.05) is 0 Å². The predicted octanol–water partition coefficient (Wildman–Crippen LogP) is 5.12. The molecule has 2 rings (SSSR count). The van der Waals surface area contributed by atoms with Gasteiger partial charge in [-0.1, -0.05) is 45.2 Å². The van der Waals surface area contributed by atoms with Gasteiger partial charge in [0, 0.05) is 21.5 Å². The molecule has 0 spiro atoms. The number of halogens is 3. The molecule has 0 aliphatic rings. The Morgan fingerprint density at radius 3 is 2.33 bits per heavy atom. The number of hydrogen-bond donors (Lipinski definition) is 0. The van der Waals surface area contributed by atoms with Gasteiger partial charge in [0.1, 0.15) is 0 Å². The van der Waals surface area contributed by atoms with Gasteiger partial charge in [0.05, 0.1) is 5.02 Å². The molecule has 0 saturated heterocycles. The molecule has 0 heterocycles. The molecule has 0 amide bonds. The molecule has 0 aliphatic carbocycles. The molecule has 4 heteroatoms. The number of carbonyl (C=O) groups excluding carboxylic acids is 1. The van der Waals surface area contributed by atoms with E-state index in [-0.39, 0.29) is 5.78 Å². The van der Waals surface area contributed by atoms with E-state index >= 15 is 0 Å². The van der Waals surface area contributed by atoms with Crippen molar-refractivity contribution in [2.24, 2.45) is 0 Å². The summed E-state index contributed by atoms with van der Waals surface area (Å²) in [5.41, 5.74) is 2.10. The molecule has 0 fully saturated rings. The Morgan fingerprint density at radius 2 is 1.72 bits per heavy atom. The fourth-order valence-electron chi connectivity index (χ4n) is 1.59. The number of ketones is 1. The second-order valence-corrected chi connectivity index (χ2v) is 5.19. The average Bonchev–Trinajstić information content (AvgIpc) is 2.39. The third-order valence-electron chi connectivity index (χ3n) is 2.54. The summed E-state index contributed by atoms with van der Waals surface area (Å²) < 4.78 is 0. The monoisotopic (exact) mass is 342 g/mol. The van der Waals surface area contributed by atoms with E-state index in [9.17, 15) is 4.79 Å². The van der Waals surface area contributed by atoms with Crippen molar-refractivity contribution >= 4 is 44.9 Å². The summed E-state index contributed by atoms with van der Waals surface area (Å²) >= 11 is 15.2. The van der Waals surface area contributed by atoms with Crippen molar-refractivity contribution in [2.45, 2.75) is 5.33 Å². The highest BCUT2D eigenvalue weighted by Gasteiger charge is 2.13. The van der Waals surface area contributed by atoms with Crippen molar-refractivity contribution in [3.05, 3.63) is 69.2 Å². The number of alkyl halides is 1. The molecule has 18 heavy (non-hydrogen) atoms. The zero-order chi connectivity index (χ0) is 13.1. The fraction of sp³-hybridized carbons (Fsp3) is 0.0714. The Kier molecular flexibility index (Phi) is 4.44. The summed E-state index contributed by atoms with van der Waals surface area (Å²) in [6, 6.07) is 12.2. The summed E-state index contributed by atoms with van der Waals surface area (Å²) in [5.74, 6) is -0.0977. The van der Waals surface area contributed by atoms with Crippen LogP contribution in [-0.2, 0) is 5.33 Å². The summed E-state index contributed by atoms with van der Waals surface area (Å²) in [7, 11) is 0. The largest absolute Gasteiger partial charge is 0.289 e. The maximum Gasteiger partial charge on any atom is 0.194 e. The smallest absolute Gasteiger partial charge is 0.194 e. The van der Waals surface area contributed by atoms with Crippen LogP contribution < -0.4 is 0 Å². The van der Waals surface area contributed by atoms with Crippen LogP contribution in [0.5, 0.6) is 0 Å². The number of hydrogen-bond acceptors (Lipinski definition) is 1. The number of benzene rings is 2. The van der Waals surface area contributed by atoms with E-state index in [2.05, 4.69) is 15.9 Å². The van der Waals surface area contributed by atoms with Gasteiger partial charge >= 0.3 is 0 Å². The van der Waals surface area contributed by atoms with Crippen molar-refractivity contribution in [3.63, 3.8) is 0 Å². The maximum absolute atomic E-state index is 12.3. The normalized spacial score (nSPS) is 10.4. The van der Waals surface area contributed by atoms with Crippen LogP contribution in [0, 0.1) is 0 Å². The summed E-state index contributed by atoms with van der Waals surface area (Å²) in [5, 5.41) is 1.75. The van der Waals surface area contributed by atoms with E-state index in [1.54, 1.807) is 36.4 Å². The minimum atomic E-state index is -0.0977. The van der Waals surface area contributed by atoms with Gasteiger partial charge in [-0.05, 0) is 42.0 Å². The molecule has 0 N–H and O–H groups in total. The van der Waals surface area contributed by atoms with Gasteiger partial charge in [-0.3, -0.25) is 4.79 Å².